The van der Waals surface area contributed by atoms with E-state index >= 15 is 0 Å². The molecule has 3 unspecified atom stereocenters. The van der Waals surface area contributed by atoms with E-state index < -0.39 is 11.8 Å². The van der Waals surface area contributed by atoms with Crippen LogP contribution in [0.15, 0.2) is 0 Å². The predicted molar refractivity (Wildman–Crippen MR) is 66.3 cm³/mol. The van der Waals surface area contributed by atoms with E-state index in [9.17, 15) is 4.79 Å². The van der Waals surface area contributed by atoms with Crippen LogP contribution in [0.1, 0.15) is 33.1 Å². The van der Waals surface area contributed by atoms with Gasteiger partial charge in [0.1, 0.15) is 0 Å². The second-order valence-electron chi connectivity index (χ2n) is 5.38. The molecule has 2 saturated heterocycles. The lowest BCUT2D eigenvalue weighted by molar-refractivity contribution is -0.189. The van der Waals surface area contributed by atoms with Crippen molar-refractivity contribution in [3.05, 3.63) is 0 Å². The largest absolute Gasteiger partial charge is 0.481 e. The standard InChI is InChI=1S/C13H23NO4/c1-3-14-7-6-10(8-14)13(2)17-9-11(18-13)4-5-12(15)16/h10-11H,3-9H2,1-2H3,(H,15,16). The van der Waals surface area contributed by atoms with E-state index in [1.165, 1.54) is 0 Å². The van der Waals surface area contributed by atoms with Crippen molar-refractivity contribution >= 4 is 5.97 Å². The number of likely N-dealkylation sites (tertiary alicyclic amines) is 1. The summed E-state index contributed by atoms with van der Waals surface area (Å²) in [5.41, 5.74) is 0. The SMILES string of the molecule is CCN1CCC(C2(C)OCC(CCC(=O)O)O2)C1. The number of carboxylic acids is 1. The molecule has 1 N–H and O–H groups in total. The van der Waals surface area contributed by atoms with Gasteiger partial charge in [0.05, 0.1) is 12.7 Å². The van der Waals surface area contributed by atoms with E-state index in [0.29, 0.717) is 18.9 Å². The molecular formula is C13H23NO4. The van der Waals surface area contributed by atoms with Crippen LogP contribution in [0.25, 0.3) is 0 Å². The van der Waals surface area contributed by atoms with Gasteiger partial charge in [0.25, 0.3) is 0 Å². The third-order valence-corrected chi connectivity index (χ3v) is 4.10. The van der Waals surface area contributed by atoms with Gasteiger partial charge in [-0.15, -0.1) is 0 Å². The van der Waals surface area contributed by atoms with Gasteiger partial charge in [0, 0.05) is 18.9 Å². The first kappa shape index (κ1) is 13.8. The van der Waals surface area contributed by atoms with Crippen molar-refractivity contribution in [2.75, 3.05) is 26.2 Å². The van der Waals surface area contributed by atoms with Crippen molar-refractivity contribution in [1.82, 2.24) is 4.90 Å². The Labute approximate surface area is 108 Å². The molecule has 18 heavy (non-hydrogen) atoms. The number of ether oxygens (including phenoxy) is 2. The maximum atomic E-state index is 10.6. The molecule has 3 atom stereocenters. The number of hydrogen-bond acceptors (Lipinski definition) is 4. The van der Waals surface area contributed by atoms with E-state index in [2.05, 4.69) is 11.8 Å². The van der Waals surface area contributed by atoms with Gasteiger partial charge in [0.15, 0.2) is 5.79 Å². The first-order valence-electron chi connectivity index (χ1n) is 6.79. The average molecular weight is 257 g/mol. The molecule has 0 aliphatic carbocycles. The Kier molecular flexibility index (Phi) is 4.25. The Morgan fingerprint density at radius 3 is 2.94 bits per heavy atom. The molecule has 104 valence electrons. The van der Waals surface area contributed by atoms with Gasteiger partial charge in [-0.3, -0.25) is 4.79 Å². The number of hydrogen-bond donors (Lipinski definition) is 1. The molecule has 0 spiro atoms. The lowest BCUT2D eigenvalue weighted by Crippen LogP contribution is -2.38. The molecule has 0 saturated carbocycles. The number of nitrogens with zero attached hydrogens (tertiary/aromatic N) is 1. The Morgan fingerprint density at radius 2 is 2.33 bits per heavy atom. The van der Waals surface area contributed by atoms with E-state index in [4.69, 9.17) is 14.6 Å². The molecule has 5 heteroatoms. The Hall–Kier alpha value is -0.650. The zero-order valence-electron chi connectivity index (χ0n) is 11.2. The highest BCUT2D eigenvalue weighted by Crippen LogP contribution is 2.37. The maximum absolute atomic E-state index is 10.6. The van der Waals surface area contributed by atoms with Crippen molar-refractivity contribution in [3.63, 3.8) is 0 Å². The molecule has 0 amide bonds. The quantitative estimate of drug-likeness (QED) is 0.805. The minimum absolute atomic E-state index is 0.0678. The van der Waals surface area contributed by atoms with Crippen molar-refractivity contribution in [2.45, 2.75) is 45.0 Å². The van der Waals surface area contributed by atoms with Crippen LogP contribution >= 0.6 is 0 Å². The normalized spacial score (nSPS) is 37.2. The second kappa shape index (κ2) is 5.55. The topological polar surface area (TPSA) is 59.0 Å². The van der Waals surface area contributed by atoms with E-state index in [1.54, 1.807) is 0 Å². The van der Waals surface area contributed by atoms with Gasteiger partial charge in [-0.25, -0.2) is 0 Å². The van der Waals surface area contributed by atoms with Gasteiger partial charge < -0.3 is 19.5 Å². The molecule has 0 aromatic heterocycles. The summed E-state index contributed by atoms with van der Waals surface area (Å²) < 4.78 is 11.8. The number of rotatable bonds is 5. The third kappa shape index (κ3) is 3.02. The maximum Gasteiger partial charge on any atom is 0.303 e. The monoisotopic (exact) mass is 257 g/mol. The lowest BCUT2D eigenvalue weighted by atomic mass is 9.99. The van der Waals surface area contributed by atoms with E-state index in [-0.39, 0.29) is 12.5 Å². The molecule has 0 aromatic carbocycles. The summed E-state index contributed by atoms with van der Waals surface area (Å²) in [7, 11) is 0. The number of carbonyl (C=O) groups is 1. The van der Waals surface area contributed by atoms with Gasteiger partial charge in [-0.1, -0.05) is 6.92 Å². The summed E-state index contributed by atoms with van der Waals surface area (Å²) in [6.45, 7) is 7.86. The van der Waals surface area contributed by atoms with Crippen LogP contribution in [0.5, 0.6) is 0 Å². The van der Waals surface area contributed by atoms with Crippen LogP contribution in [-0.2, 0) is 14.3 Å². The summed E-state index contributed by atoms with van der Waals surface area (Å²) in [4.78, 5) is 12.9. The average Bonchev–Trinajstić information content (AvgIpc) is 2.93. The first-order valence-corrected chi connectivity index (χ1v) is 6.79. The fourth-order valence-electron chi connectivity index (χ4n) is 2.85. The minimum Gasteiger partial charge on any atom is -0.481 e. The summed E-state index contributed by atoms with van der Waals surface area (Å²) in [6.07, 6.45) is 1.71. The van der Waals surface area contributed by atoms with Crippen LogP contribution in [0.3, 0.4) is 0 Å². The molecular weight excluding hydrogens is 234 g/mol. The predicted octanol–water partition coefficient (Wildman–Crippen LogP) is 1.32. The molecule has 0 radical (unpaired) electrons. The summed E-state index contributed by atoms with van der Waals surface area (Å²) in [6, 6.07) is 0. The van der Waals surface area contributed by atoms with Crippen LogP contribution in [0, 0.1) is 5.92 Å². The molecule has 0 aromatic rings. The van der Waals surface area contributed by atoms with Crippen molar-refractivity contribution in [3.8, 4) is 0 Å². The smallest absolute Gasteiger partial charge is 0.303 e. The molecule has 5 nitrogen and oxygen atoms in total. The van der Waals surface area contributed by atoms with Crippen LogP contribution < -0.4 is 0 Å². The van der Waals surface area contributed by atoms with E-state index in [1.807, 2.05) is 6.92 Å². The van der Waals surface area contributed by atoms with E-state index in [0.717, 1.165) is 26.1 Å². The highest BCUT2D eigenvalue weighted by Gasteiger charge is 2.46. The number of aliphatic carboxylic acids is 1. The van der Waals surface area contributed by atoms with Gasteiger partial charge >= 0.3 is 5.97 Å². The highest BCUT2D eigenvalue weighted by molar-refractivity contribution is 5.66. The van der Waals surface area contributed by atoms with Crippen LogP contribution in [-0.4, -0.2) is 54.1 Å². The molecule has 2 fully saturated rings. The molecule has 2 aliphatic rings. The molecule has 0 bridgehead atoms. The lowest BCUT2D eigenvalue weighted by Gasteiger charge is -2.30. The van der Waals surface area contributed by atoms with Crippen LogP contribution in [0.4, 0.5) is 0 Å². The zero-order valence-corrected chi connectivity index (χ0v) is 11.2. The van der Waals surface area contributed by atoms with Crippen molar-refractivity contribution in [2.24, 2.45) is 5.92 Å². The third-order valence-electron chi connectivity index (χ3n) is 4.10. The van der Waals surface area contributed by atoms with Gasteiger partial charge in [-0.2, -0.15) is 0 Å². The molecule has 2 rings (SSSR count). The fraction of sp³-hybridized carbons (Fsp3) is 0.923. The second-order valence-corrected chi connectivity index (χ2v) is 5.38. The summed E-state index contributed by atoms with van der Waals surface area (Å²) in [5, 5.41) is 8.68. The van der Waals surface area contributed by atoms with Gasteiger partial charge in [0.2, 0.25) is 0 Å². The molecule has 2 aliphatic heterocycles. The van der Waals surface area contributed by atoms with Crippen molar-refractivity contribution in [1.29, 1.82) is 0 Å². The minimum atomic E-state index is -0.773. The zero-order chi connectivity index (χ0) is 13.2. The fourth-order valence-corrected chi connectivity index (χ4v) is 2.85. The summed E-state index contributed by atoms with van der Waals surface area (Å²) >= 11 is 0. The highest BCUT2D eigenvalue weighted by atomic mass is 16.7. The first-order chi connectivity index (χ1) is 8.53. The number of carboxylic acid groups (broad SMARTS) is 1. The Balaban J connectivity index is 1.84. The van der Waals surface area contributed by atoms with Crippen LogP contribution in [0.2, 0.25) is 0 Å². The van der Waals surface area contributed by atoms with Crippen molar-refractivity contribution < 1.29 is 19.4 Å². The Bertz CT molecular complexity index is 309. The molecule has 2 heterocycles. The Morgan fingerprint density at radius 1 is 1.56 bits per heavy atom. The van der Waals surface area contributed by atoms with Gasteiger partial charge in [-0.05, 0) is 32.9 Å². The summed E-state index contributed by atoms with van der Waals surface area (Å²) in [5.74, 6) is -0.898.